The second-order valence-electron chi connectivity index (χ2n) is 11.4. The van der Waals surface area contributed by atoms with E-state index in [1.54, 1.807) is 0 Å². The molecule has 0 N–H and O–H groups in total. The second kappa shape index (κ2) is 13.2. The summed E-state index contributed by atoms with van der Waals surface area (Å²) in [6.07, 6.45) is 3.96. The highest BCUT2D eigenvalue weighted by Gasteiger charge is 2.41. The first kappa shape index (κ1) is 28.6. The van der Waals surface area contributed by atoms with Gasteiger partial charge in [0.15, 0.2) is 12.1 Å². The predicted octanol–water partition coefficient (Wildman–Crippen LogP) is 7.19. The van der Waals surface area contributed by atoms with Gasteiger partial charge in [0.2, 0.25) is 0 Å². The van der Waals surface area contributed by atoms with E-state index in [4.69, 9.17) is 28.4 Å². The van der Waals surface area contributed by atoms with Crippen LogP contribution in [0.4, 0.5) is 0 Å². The highest BCUT2D eigenvalue weighted by atomic mass is 16.7. The van der Waals surface area contributed by atoms with Crippen LogP contribution in [-0.4, -0.2) is 45.1 Å². The van der Waals surface area contributed by atoms with Crippen molar-refractivity contribution in [2.24, 2.45) is 5.41 Å². The highest BCUT2D eigenvalue weighted by Crippen LogP contribution is 2.34. The molecular weight excluding hydrogens is 504 g/mol. The number of aryl methyl sites for hydroxylation is 1. The Morgan fingerprint density at radius 1 is 0.850 bits per heavy atom. The molecule has 2 aliphatic heterocycles. The first-order valence-corrected chi connectivity index (χ1v) is 14.5. The number of hydrogen-bond donors (Lipinski definition) is 0. The van der Waals surface area contributed by atoms with E-state index in [2.05, 4.69) is 43.3 Å². The largest absolute Gasteiger partial charge is 0.493 e. The minimum absolute atomic E-state index is 0.139. The Morgan fingerprint density at radius 2 is 1.60 bits per heavy atom. The van der Waals surface area contributed by atoms with E-state index in [1.807, 2.05) is 50.2 Å². The number of ether oxygens (including phenoxy) is 6. The molecule has 6 heteroatoms. The van der Waals surface area contributed by atoms with Gasteiger partial charge in [0, 0.05) is 6.42 Å². The molecule has 0 saturated carbocycles. The molecule has 0 radical (unpaired) electrons. The van der Waals surface area contributed by atoms with Crippen LogP contribution in [0.3, 0.4) is 0 Å². The van der Waals surface area contributed by atoms with Crippen LogP contribution in [0.1, 0.15) is 51.2 Å². The van der Waals surface area contributed by atoms with Gasteiger partial charge in [-0.3, -0.25) is 0 Å². The molecule has 6 nitrogen and oxygen atoms in total. The van der Waals surface area contributed by atoms with Crippen molar-refractivity contribution < 1.29 is 28.4 Å². The fourth-order valence-electron chi connectivity index (χ4n) is 5.04. The maximum Gasteiger partial charge on any atom is 0.199 e. The van der Waals surface area contributed by atoms with Gasteiger partial charge in [-0.25, -0.2) is 0 Å². The minimum Gasteiger partial charge on any atom is -0.493 e. The molecule has 40 heavy (non-hydrogen) atoms. The quantitative estimate of drug-likeness (QED) is 0.254. The van der Waals surface area contributed by atoms with Crippen molar-refractivity contribution >= 4 is 0 Å². The van der Waals surface area contributed by atoms with Crippen LogP contribution in [-0.2, 0) is 32.0 Å². The standard InChI is InChI=1S/C34H42O6/c1-4-27-20-30(17-18-31(27)28-13-15-29(16-14-28)40-32-12-8-9-19-36-32)37-23-34(24-38-33(2,3)39-25-34)22-35-21-26-10-6-5-7-11-26/h5-7,10-11,13-18,20,32H,4,8-9,12,19,21-25H2,1-3H3. The third kappa shape index (κ3) is 7.64. The van der Waals surface area contributed by atoms with Gasteiger partial charge in [0.05, 0.1) is 38.4 Å². The van der Waals surface area contributed by atoms with Crippen molar-refractivity contribution in [3.05, 3.63) is 83.9 Å². The smallest absolute Gasteiger partial charge is 0.199 e. The van der Waals surface area contributed by atoms with Gasteiger partial charge in [-0.15, -0.1) is 0 Å². The molecule has 3 aromatic carbocycles. The molecule has 1 unspecified atom stereocenters. The lowest BCUT2D eigenvalue weighted by atomic mass is 9.90. The molecule has 0 spiro atoms. The molecule has 2 saturated heterocycles. The summed E-state index contributed by atoms with van der Waals surface area (Å²) in [6, 6.07) is 24.8. The average molecular weight is 547 g/mol. The summed E-state index contributed by atoms with van der Waals surface area (Å²) in [5, 5.41) is 0. The first-order chi connectivity index (χ1) is 19.4. The monoisotopic (exact) mass is 546 g/mol. The lowest BCUT2D eigenvalue weighted by Crippen LogP contribution is -2.51. The van der Waals surface area contributed by atoms with E-state index in [1.165, 1.54) is 11.1 Å². The summed E-state index contributed by atoms with van der Waals surface area (Å²) in [5.41, 5.74) is 4.33. The fourth-order valence-corrected chi connectivity index (χ4v) is 5.04. The van der Waals surface area contributed by atoms with Crippen LogP contribution in [0.15, 0.2) is 72.8 Å². The zero-order valence-corrected chi connectivity index (χ0v) is 24.0. The topological polar surface area (TPSA) is 55.4 Å². The van der Waals surface area contributed by atoms with Gasteiger partial charge in [-0.05, 0) is 79.6 Å². The van der Waals surface area contributed by atoms with Gasteiger partial charge in [-0.2, -0.15) is 0 Å². The molecule has 0 aliphatic carbocycles. The van der Waals surface area contributed by atoms with E-state index in [9.17, 15) is 0 Å². The van der Waals surface area contributed by atoms with Crippen molar-refractivity contribution in [1.29, 1.82) is 0 Å². The Morgan fingerprint density at radius 3 is 2.30 bits per heavy atom. The third-order valence-electron chi connectivity index (χ3n) is 7.55. The van der Waals surface area contributed by atoms with Crippen LogP contribution in [0, 0.1) is 5.41 Å². The van der Waals surface area contributed by atoms with Crippen molar-refractivity contribution in [2.75, 3.05) is 33.0 Å². The van der Waals surface area contributed by atoms with E-state index >= 15 is 0 Å². The van der Waals surface area contributed by atoms with E-state index in [0.29, 0.717) is 33.0 Å². The lowest BCUT2D eigenvalue weighted by Gasteiger charge is -2.42. The molecule has 0 aromatic heterocycles. The molecule has 0 amide bonds. The summed E-state index contributed by atoms with van der Waals surface area (Å²) in [5.74, 6) is 1.07. The summed E-state index contributed by atoms with van der Waals surface area (Å²) < 4.78 is 36.4. The van der Waals surface area contributed by atoms with Crippen LogP contribution in [0.25, 0.3) is 11.1 Å². The minimum atomic E-state index is -0.607. The first-order valence-electron chi connectivity index (χ1n) is 14.5. The molecule has 2 aliphatic rings. The summed E-state index contributed by atoms with van der Waals surface area (Å²) in [6.45, 7) is 9.31. The van der Waals surface area contributed by atoms with Crippen LogP contribution in [0.5, 0.6) is 11.5 Å². The molecular formula is C34H42O6. The Balaban J connectivity index is 1.23. The fraction of sp³-hybridized carbons (Fsp3) is 0.471. The van der Waals surface area contributed by atoms with E-state index < -0.39 is 11.2 Å². The Labute approximate surface area is 238 Å². The second-order valence-corrected chi connectivity index (χ2v) is 11.4. The third-order valence-corrected chi connectivity index (χ3v) is 7.55. The normalized spacial score (nSPS) is 20.1. The van der Waals surface area contributed by atoms with Crippen molar-refractivity contribution in [2.45, 2.75) is 65.1 Å². The molecule has 0 bridgehead atoms. The maximum atomic E-state index is 6.38. The van der Waals surface area contributed by atoms with Crippen LogP contribution >= 0.6 is 0 Å². The molecule has 214 valence electrons. The molecule has 2 fully saturated rings. The van der Waals surface area contributed by atoms with Gasteiger partial charge in [0.1, 0.15) is 18.1 Å². The molecule has 1 atom stereocenters. The number of rotatable bonds is 11. The van der Waals surface area contributed by atoms with E-state index in [-0.39, 0.29) is 6.29 Å². The lowest BCUT2D eigenvalue weighted by molar-refractivity contribution is -0.296. The number of benzene rings is 3. The SMILES string of the molecule is CCc1cc(OCC2(COCc3ccccc3)COC(C)(C)OC2)ccc1-c1ccc(OC2CCCCO2)cc1. The molecule has 2 heterocycles. The van der Waals surface area contributed by atoms with Crippen molar-refractivity contribution in [1.82, 2.24) is 0 Å². The number of hydrogen-bond acceptors (Lipinski definition) is 6. The van der Waals surface area contributed by atoms with Crippen molar-refractivity contribution in [3.8, 4) is 22.6 Å². The van der Waals surface area contributed by atoms with Gasteiger partial charge >= 0.3 is 0 Å². The van der Waals surface area contributed by atoms with Crippen LogP contribution < -0.4 is 9.47 Å². The Bertz CT molecular complexity index is 1190. The summed E-state index contributed by atoms with van der Waals surface area (Å²) in [7, 11) is 0. The van der Waals surface area contributed by atoms with Crippen LogP contribution in [0.2, 0.25) is 0 Å². The molecule has 3 aromatic rings. The average Bonchev–Trinajstić information content (AvgIpc) is 2.99. The highest BCUT2D eigenvalue weighted by molar-refractivity contribution is 5.69. The van der Waals surface area contributed by atoms with Gasteiger partial charge < -0.3 is 28.4 Å². The Hall–Kier alpha value is -2.90. The maximum absolute atomic E-state index is 6.38. The summed E-state index contributed by atoms with van der Waals surface area (Å²) >= 11 is 0. The Kier molecular flexibility index (Phi) is 9.43. The van der Waals surface area contributed by atoms with Gasteiger partial charge in [0.25, 0.3) is 0 Å². The van der Waals surface area contributed by atoms with E-state index in [0.717, 1.165) is 54.9 Å². The zero-order valence-electron chi connectivity index (χ0n) is 24.0. The summed E-state index contributed by atoms with van der Waals surface area (Å²) in [4.78, 5) is 0. The predicted molar refractivity (Wildman–Crippen MR) is 155 cm³/mol. The zero-order chi connectivity index (χ0) is 27.8. The van der Waals surface area contributed by atoms with Gasteiger partial charge in [-0.1, -0.05) is 55.5 Å². The molecule has 5 rings (SSSR count). The van der Waals surface area contributed by atoms with Crippen molar-refractivity contribution in [3.63, 3.8) is 0 Å².